The van der Waals surface area contributed by atoms with E-state index in [2.05, 4.69) is 31.2 Å². The Balaban J connectivity index is 1.18. The van der Waals surface area contributed by atoms with E-state index in [-0.39, 0.29) is 24.7 Å². The maximum Gasteiger partial charge on any atom is 0.259 e. The Morgan fingerprint density at radius 3 is 2.53 bits per heavy atom. The molecule has 202 valence electrons. The van der Waals surface area contributed by atoms with Crippen LogP contribution in [0.5, 0.6) is 11.6 Å². The fraction of sp³-hybridized carbons (Fsp3) is 0.519. The lowest BCUT2D eigenvalue weighted by atomic mass is 9.93. The number of pyridine rings is 2. The number of fused-ring (bicyclic) bond motifs is 1. The van der Waals surface area contributed by atoms with Crippen molar-refractivity contribution in [3.8, 4) is 11.6 Å². The number of ether oxygens (including phenoxy) is 3. The van der Waals surface area contributed by atoms with E-state index < -0.39 is 0 Å². The number of hydrogen-bond donors (Lipinski definition) is 1. The summed E-state index contributed by atoms with van der Waals surface area (Å²) >= 11 is 0. The summed E-state index contributed by atoms with van der Waals surface area (Å²) in [6.07, 6.45) is 8.80. The van der Waals surface area contributed by atoms with Crippen molar-refractivity contribution in [2.75, 3.05) is 57.2 Å². The van der Waals surface area contributed by atoms with Crippen LogP contribution in [0.25, 0.3) is 10.9 Å². The highest BCUT2D eigenvalue weighted by Gasteiger charge is 2.25. The molecule has 1 aliphatic carbocycles. The SMILES string of the molecule is Cc1cnc2cc(N3CCOCC3)nc(O[C@H]3CC[C@@H](Nc4ncc(OCC(=O)N(C)C)cn4)CC3)c2c1. The van der Waals surface area contributed by atoms with Crippen molar-refractivity contribution in [1.29, 1.82) is 0 Å². The zero-order chi connectivity index (χ0) is 26.5. The van der Waals surface area contributed by atoms with Crippen molar-refractivity contribution in [3.63, 3.8) is 0 Å². The van der Waals surface area contributed by atoms with Gasteiger partial charge in [-0.2, -0.15) is 4.98 Å². The van der Waals surface area contributed by atoms with Gasteiger partial charge in [0.25, 0.3) is 5.91 Å². The molecule has 1 aliphatic heterocycles. The van der Waals surface area contributed by atoms with Gasteiger partial charge in [0.1, 0.15) is 11.9 Å². The van der Waals surface area contributed by atoms with Crippen LogP contribution in [-0.4, -0.2) is 89.9 Å². The van der Waals surface area contributed by atoms with Crippen LogP contribution in [0.2, 0.25) is 0 Å². The Labute approximate surface area is 222 Å². The van der Waals surface area contributed by atoms with E-state index in [9.17, 15) is 4.79 Å². The molecule has 0 radical (unpaired) electrons. The topological polar surface area (TPSA) is 115 Å². The highest BCUT2D eigenvalue weighted by molar-refractivity contribution is 5.86. The normalized spacial score (nSPS) is 19.7. The number of morpholine rings is 1. The molecule has 0 unspecified atom stereocenters. The third-order valence-electron chi connectivity index (χ3n) is 6.88. The van der Waals surface area contributed by atoms with Gasteiger partial charge < -0.3 is 29.3 Å². The monoisotopic (exact) mass is 521 g/mol. The molecule has 3 aromatic rings. The van der Waals surface area contributed by atoms with Crippen LogP contribution in [0.15, 0.2) is 30.7 Å². The van der Waals surface area contributed by atoms with E-state index in [4.69, 9.17) is 19.2 Å². The first-order valence-corrected chi connectivity index (χ1v) is 13.1. The van der Waals surface area contributed by atoms with Gasteiger partial charge in [-0.25, -0.2) is 9.97 Å². The number of nitrogens with one attached hydrogen (secondary N) is 1. The third kappa shape index (κ3) is 6.39. The van der Waals surface area contributed by atoms with Crippen LogP contribution in [0, 0.1) is 6.92 Å². The van der Waals surface area contributed by atoms with Crippen LogP contribution in [0.3, 0.4) is 0 Å². The first-order valence-electron chi connectivity index (χ1n) is 13.1. The molecule has 4 heterocycles. The van der Waals surface area contributed by atoms with Gasteiger partial charge in [0, 0.05) is 45.5 Å². The molecule has 0 aromatic carbocycles. The summed E-state index contributed by atoms with van der Waals surface area (Å²) in [7, 11) is 3.38. The lowest BCUT2D eigenvalue weighted by Gasteiger charge is -2.31. The van der Waals surface area contributed by atoms with Crippen molar-refractivity contribution in [2.45, 2.75) is 44.8 Å². The number of hydrogen-bond acceptors (Lipinski definition) is 10. The molecule has 0 spiro atoms. The fourth-order valence-corrected chi connectivity index (χ4v) is 4.63. The highest BCUT2D eigenvalue weighted by Crippen LogP contribution is 2.32. The van der Waals surface area contributed by atoms with E-state index in [1.165, 1.54) is 4.90 Å². The summed E-state index contributed by atoms with van der Waals surface area (Å²) in [4.78, 5) is 33.7. The molecule has 0 bridgehead atoms. The van der Waals surface area contributed by atoms with E-state index in [1.807, 2.05) is 19.2 Å². The Kier molecular flexibility index (Phi) is 8.02. The van der Waals surface area contributed by atoms with E-state index in [1.54, 1.807) is 26.5 Å². The molecule has 1 saturated carbocycles. The number of aryl methyl sites for hydroxylation is 1. The second kappa shape index (κ2) is 11.8. The Bertz CT molecular complexity index is 1240. The van der Waals surface area contributed by atoms with Crippen molar-refractivity contribution in [2.24, 2.45) is 0 Å². The molecule has 3 aromatic heterocycles. The number of amides is 1. The maximum atomic E-state index is 11.7. The average Bonchev–Trinajstić information content (AvgIpc) is 2.94. The van der Waals surface area contributed by atoms with Gasteiger partial charge >= 0.3 is 0 Å². The van der Waals surface area contributed by atoms with Crippen LogP contribution in [0.4, 0.5) is 11.8 Å². The number of likely N-dealkylation sites (N-methyl/N-ethyl adjacent to an activating group) is 1. The molecule has 11 heteroatoms. The predicted octanol–water partition coefficient (Wildman–Crippen LogP) is 2.83. The number of carbonyl (C=O) groups excluding carboxylic acids is 1. The van der Waals surface area contributed by atoms with Crippen molar-refractivity contribution >= 4 is 28.6 Å². The molecule has 2 fully saturated rings. The number of rotatable bonds is 8. The van der Waals surface area contributed by atoms with Gasteiger partial charge in [0.2, 0.25) is 11.8 Å². The van der Waals surface area contributed by atoms with Crippen LogP contribution >= 0.6 is 0 Å². The molecule has 0 atom stereocenters. The smallest absolute Gasteiger partial charge is 0.259 e. The van der Waals surface area contributed by atoms with E-state index >= 15 is 0 Å². The summed E-state index contributed by atoms with van der Waals surface area (Å²) < 4.78 is 17.5. The zero-order valence-corrected chi connectivity index (χ0v) is 22.2. The van der Waals surface area contributed by atoms with Crippen LogP contribution < -0.4 is 19.7 Å². The van der Waals surface area contributed by atoms with E-state index in [0.29, 0.717) is 30.8 Å². The standard InChI is InChI=1S/C27H35N7O4/c1-18-12-22-23(28-14-18)13-24(34-8-10-36-11-9-34)32-26(22)38-20-6-4-19(5-7-20)31-27-29-15-21(16-30-27)37-17-25(35)33(2)3/h12-16,19-20H,4-11,17H2,1-3H3,(H,29,30,31)/t19-,20+. The second-order valence-electron chi connectivity index (χ2n) is 10.0. The third-order valence-corrected chi connectivity index (χ3v) is 6.88. The van der Waals surface area contributed by atoms with Gasteiger partial charge in [0.05, 0.1) is 36.5 Å². The molecule has 1 saturated heterocycles. The summed E-state index contributed by atoms with van der Waals surface area (Å²) in [6, 6.07) is 4.40. The lowest BCUT2D eigenvalue weighted by Crippen LogP contribution is -2.37. The maximum absolute atomic E-state index is 11.7. The molecule has 5 rings (SSSR count). The molecular formula is C27H35N7O4. The number of anilines is 2. The predicted molar refractivity (Wildman–Crippen MR) is 144 cm³/mol. The summed E-state index contributed by atoms with van der Waals surface area (Å²) in [5, 5.41) is 4.36. The number of nitrogens with zero attached hydrogens (tertiary/aromatic N) is 6. The molecule has 1 amide bonds. The minimum Gasteiger partial charge on any atom is -0.481 e. The van der Waals surface area contributed by atoms with Gasteiger partial charge in [-0.1, -0.05) is 0 Å². The Morgan fingerprint density at radius 1 is 1.08 bits per heavy atom. The average molecular weight is 522 g/mol. The largest absolute Gasteiger partial charge is 0.481 e. The Morgan fingerprint density at radius 2 is 1.82 bits per heavy atom. The van der Waals surface area contributed by atoms with Crippen molar-refractivity contribution < 1.29 is 19.0 Å². The molecule has 11 nitrogen and oxygen atoms in total. The van der Waals surface area contributed by atoms with Gasteiger partial charge in [-0.3, -0.25) is 9.78 Å². The van der Waals surface area contributed by atoms with Gasteiger partial charge in [-0.15, -0.1) is 0 Å². The van der Waals surface area contributed by atoms with Gasteiger partial charge in [-0.05, 0) is 44.2 Å². The minimum atomic E-state index is -0.117. The molecule has 1 N–H and O–H groups in total. The fourth-order valence-electron chi connectivity index (χ4n) is 4.63. The minimum absolute atomic E-state index is 0.0394. The van der Waals surface area contributed by atoms with E-state index in [0.717, 1.165) is 61.1 Å². The molecular weight excluding hydrogens is 486 g/mol. The van der Waals surface area contributed by atoms with Crippen molar-refractivity contribution in [1.82, 2.24) is 24.8 Å². The summed E-state index contributed by atoms with van der Waals surface area (Å²) in [6.45, 7) is 5.01. The first kappa shape index (κ1) is 25.9. The number of carbonyl (C=O) groups is 1. The first-order chi connectivity index (χ1) is 18.4. The highest BCUT2D eigenvalue weighted by atomic mass is 16.5. The lowest BCUT2D eigenvalue weighted by molar-refractivity contribution is -0.130. The second-order valence-corrected chi connectivity index (χ2v) is 10.0. The number of aromatic nitrogens is 4. The van der Waals surface area contributed by atoms with Crippen LogP contribution in [-0.2, 0) is 9.53 Å². The zero-order valence-electron chi connectivity index (χ0n) is 22.2. The quantitative estimate of drug-likeness (QED) is 0.474. The van der Waals surface area contributed by atoms with Crippen LogP contribution in [0.1, 0.15) is 31.2 Å². The van der Waals surface area contributed by atoms with Gasteiger partial charge in [0.15, 0.2) is 12.4 Å². The summed E-state index contributed by atoms with van der Waals surface area (Å²) in [5.74, 6) is 2.44. The summed E-state index contributed by atoms with van der Waals surface area (Å²) in [5.41, 5.74) is 1.98. The molecule has 2 aliphatic rings. The van der Waals surface area contributed by atoms with Crippen molar-refractivity contribution in [3.05, 3.63) is 36.3 Å². The molecule has 38 heavy (non-hydrogen) atoms. The Hall–Kier alpha value is -3.73.